The van der Waals surface area contributed by atoms with Crippen LogP contribution in [0.1, 0.15) is 10.5 Å². The molecule has 10 nitrogen and oxygen atoms in total. The van der Waals surface area contributed by atoms with Crippen LogP contribution in [0.2, 0.25) is 0 Å². The molecule has 0 radical (unpaired) electrons. The molecule has 1 saturated heterocycles. The number of fused-ring (bicyclic) bond motifs is 2. The van der Waals surface area contributed by atoms with Crippen LogP contribution < -0.4 is 5.32 Å². The van der Waals surface area contributed by atoms with Crippen molar-refractivity contribution in [1.82, 2.24) is 35.0 Å². The summed E-state index contributed by atoms with van der Waals surface area (Å²) < 4.78 is 5.30. The van der Waals surface area contributed by atoms with Gasteiger partial charge in [0.15, 0.2) is 0 Å². The monoisotopic (exact) mass is 364 g/mol. The van der Waals surface area contributed by atoms with Crippen molar-refractivity contribution in [3.63, 3.8) is 0 Å². The summed E-state index contributed by atoms with van der Waals surface area (Å²) in [5.74, 6) is 1.14. The molecule has 4 aromatic heterocycles. The van der Waals surface area contributed by atoms with Gasteiger partial charge < -0.3 is 19.9 Å². The van der Waals surface area contributed by atoms with E-state index in [2.05, 4.69) is 35.5 Å². The predicted octanol–water partition coefficient (Wildman–Crippen LogP) is 1.45. The number of hydrogen-bond donors (Lipinski definition) is 3. The Balaban J connectivity index is 1.47. The van der Waals surface area contributed by atoms with Crippen LogP contribution in [0.4, 0.5) is 11.6 Å². The third kappa shape index (κ3) is 2.85. The Kier molecular flexibility index (Phi) is 3.68. The van der Waals surface area contributed by atoms with Gasteiger partial charge in [-0.1, -0.05) is 0 Å². The number of aromatic amines is 2. The molecule has 0 aromatic carbocycles. The highest BCUT2D eigenvalue weighted by Crippen LogP contribution is 2.25. The lowest BCUT2D eigenvalue weighted by molar-refractivity contribution is 0.0299. The highest BCUT2D eigenvalue weighted by molar-refractivity contribution is 6.00. The molecule has 0 unspecified atom stereocenters. The summed E-state index contributed by atoms with van der Waals surface area (Å²) in [6.07, 6.45) is 4.88. The van der Waals surface area contributed by atoms with E-state index < -0.39 is 0 Å². The standard InChI is InChI=1S/C17H16N8O2/c26-17(25-1-3-27-4-2-25)12-6-11-15(22-12)19-9-20-16(11)23-14-5-10-7-21-24-13(10)8-18-14/h5-9H,1-4H2,(H,21,24)(H2,18,19,20,22,23). The minimum Gasteiger partial charge on any atom is -0.378 e. The van der Waals surface area contributed by atoms with E-state index in [-0.39, 0.29) is 5.91 Å². The van der Waals surface area contributed by atoms with Crippen molar-refractivity contribution in [2.45, 2.75) is 0 Å². The number of carbonyl (C=O) groups excluding carboxylic acids is 1. The van der Waals surface area contributed by atoms with Crippen LogP contribution in [0.15, 0.2) is 30.9 Å². The highest BCUT2D eigenvalue weighted by Gasteiger charge is 2.21. The summed E-state index contributed by atoms with van der Waals surface area (Å²) in [4.78, 5) is 30.5. The molecule has 4 aromatic rings. The molecule has 0 aliphatic carbocycles. The van der Waals surface area contributed by atoms with Gasteiger partial charge in [-0.05, 0) is 12.1 Å². The molecular weight excluding hydrogens is 348 g/mol. The Morgan fingerprint density at radius 1 is 1.15 bits per heavy atom. The normalized spacial score (nSPS) is 14.7. The Labute approximate surface area is 153 Å². The van der Waals surface area contributed by atoms with Gasteiger partial charge in [-0.15, -0.1) is 0 Å². The molecule has 10 heteroatoms. The second-order valence-electron chi connectivity index (χ2n) is 6.22. The maximum Gasteiger partial charge on any atom is 0.270 e. The first kappa shape index (κ1) is 15.7. The molecule has 0 saturated carbocycles. The van der Waals surface area contributed by atoms with Gasteiger partial charge in [0.2, 0.25) is 0 Å². The summed E-state index contributed by atoms with van der Waals surface area (Å²) in [5, 5.41) is 11.7. The third-order valence-corrected chi connectivity index (χ3v) is 4.53. The molecule has 0 spiro atoms. The number of pyridine rings is 1. The molecule has 0 bridgehead atoms. The van der Waals surface area contributed by atoms with Gasteiger partial charge in [-0.3, -0.25) is 9.89 Å². The summed E-state index contributed by atoms with van der Waals surface area (Å²) >= 11 is 0. The first-order chi connectivity index (χ1) is 13.3. The lowest BCUT2D eigenvalue weighted by Crippen LogP contribution is -2.40. The summed E-state index contributed by atoms with van der Waals surface area (Å²) in [5.41, 5.74) is 1.93. The highest BCUT2D eigenvalue weighted by atomic mass is 16.5. The van der Waals surface area contributed by atoms with Crippen LogP contribution in [0.5, 0.6) is 0 Å². The summed E-state index contributed by atoms with van der Waals surface area (Å²) in [6.45, 7) is 2.28. The van der Waals surface area contributed by atoms with Crippen LogP contribution in [0.3, 0.4) is 0 Å². The Bertz CT molecular complexity index is 1130. The fourth-order valence-electron chi connectivity index (χ4n) is 3.12. The van der Waals surface area contributed by atoms with Crippen LogP contribution in [-0.4, -0.2) is 67.2 Å². The van der Waals surface area contributed by atoms with Crippen molar-refractivity contribution in [2.75, 3.05) is 31.6 Å². The number of amides is 1. The fourth-order valence-corrected chi connectivity index (χ4v) is 3.12. The second kappa shape index (κ2) is 6.32. The lowest BCUT2D eigenvalue weighted by atomic mass is 10.3. The zero-order valence-corrected chi connectivity index (χ0v) is 14.3. The molecular formula is C17H16N8O2. The van der Waals surface area contributed by atoms with Crippen molar-refractivity contribution in [3.8, 4) is 0 Å². The van der Waals surface area contributed by atoms with Gasteiger partial charge in [-0.25, -0.2) is 15.0 Å². The number of nitrogens with one attached hydrogen (secondary N) is 3. The fraction of sp³-hybridized carbons (Fsp3) is 0.235. The van der Waals surface area contributed by atoms with Crippen molar-refractivity contribution in [1.29, 1.82) is 0 Å². The number of aromatic nitrogens is 6. The number of anilines is 2. The van der Waals surface area contributed by atoms with Gasteiger partial charge in [-0.2, -0.15) is 5.10 Å². The molecule has 3 N–H and O–H groups in total. The van der Waals surface area contributed by atoms with Gasteiger partial charge in [0, 0.05) is 18.5 Å². The third-order valence-electron chi connectivity index (χ3n) is 4.53. The molecule has 27 heavy (non-hydrogen) atoms. The maximum absolute atomic E-state index is 12.7. The smallest absolute Gasteiger partial charge is 0.270 e. The maximum atomic E-state index is 12.7. The van der Waals surface area contributed by atoms with E-state index in [1.54, 1.807) is 23.4 Å². The van der Waals surface area contributed by atoms with Crippen molar-refractivity contribution in [3.05, 3.63) is 36.5 Å². The van der Waals surface area contributed by atoms with Crippen LogP contribution in [0.25, 0.3) is 21.9 Å². The molecule has 1 fully saturated rings. The first-order valence-electron chi connectivity index (χ1n) is 8.55. The van der Waals surface area contributed by atoms with E-state index in [1.165, 1.54) is 6.33 Å². The zero-order chi connectivity index (χ0) is 18.2. The summed E-state index contributed by atoms with van der Waals surface area (Å²) in [6, 6.07) is 3.64. The zero-order valence-electron chi connectivity index (χ0n) is 14.3. The molecule has 0 atom stereocenters. The molecule has 5 rings (SSSR count). The molecule has 1 aliphatic rings. The van der Waals surface area contributed by atoms with E-state index >= 15 is 0 Å². The summed E-state index contributed by atoms with van der Waals surface area (Å²) in [7, 11) is 0. The van der Waals surface area contributed by atoms with Crippen molar-refractivity contribution < 1.29 is 9.53 Å². The predicted molar refractivity (Wildman–Crippen MR) is 97.8 cm³/mol. The number of ether oxygens (including phenoxy) is 1. The van der Waals surface area contributed by atoms with E-state index in [0.717, 1.165) is 16.3 Å². The SMILES string of the molecule is O=C(c1cc2c(Nc3cc4cn[nH]c4cn3)ncnc2[nH]1)N1CCOCC1. The Morgan fingerprint density at radius 2 is 2.04 bits per heavy atom. The molecule has 5 heterocycles. The Morgan fingerprint density at radius 3 is 2.93 bits per heavy atom. The molecule has 1 amide bonds. The van der Waals surface area contributed by atoms with Crippen LogP contribution in [0, 0.1) is 0 Å². The van der Waals surface area contributed by atoms with E-state index in [1.807, 2.05) is 6.07 Å². The first-order valence-corrected chi connectivity index (χ1v) is 8.55. The average Bonchev–Trinajstić information content (AvgIpc) is 3.35. The largest absolute Gasteiger partial charge is 0.378 e. The minimum absolute atomic E-state index is 0.0693. The second-order valence-corrected chi connectivity index (χ2v) is 6.22. The molecule has 1 aliphatic heterocycles. The van der Waals surface area contributed by atoms with E-state index in [4.69, 9.17) is 4.74 Å². The number of rotatable bonds is 3. The average molecular weight is 364 g/mol. The number of H-pyrrole nitrogens is 2. The molecule has 136 valence electrons. The lowest BCUT2D eigenvalue weighted by Gasteiger charge is -2.26. The number of carbonyl (C=O) groups is 1. The van der Waals surface area contributed by atoms with Gasteiger partial charge in [0.1, 0.15) is 29.3 Å². The van der Waals surface area contributed by atoms with E-state index in [9.17, 15) is 4.79 Å². The number of morpholine rings is 1. The van der Waals surface area contributed by atoms with Crippen molar-refractivity contribution in [2.24, 2.45) is 0 Å². The van der Waals surface area contributed by atoms with Crippen LogP contribution in [-0.2, 0) is 4.74 Å². The van der Waals surface area contributed by atoms with Gasteiger partial charge in [0.25, 0.3) is 5.91 Å². The number of nitrogens with zero attached hydrogens (tertiary/aromatic N) is 5. The van der Waals surface area contributed by atoms with Crippen LogP contribution >= 0.6 is 0 Å². The van der Waals surface area contributed by atoms with Gasteiger partial charge in [0.05, 0.1) is 36.5 Å². The Hall–Kier alpha value is -3.53. The topological polar surface area (TPSA) is 125 Å². The van der Waals surface area contributed by atoms with Gasteiger partial charge >= 0.3 is 0 Å². The minimum atomic E-state index is -0.0693. The van der Waals surface area contributed by atoms with Crippen molar-refractivity contribution >= 4 is 39.5 Å². The van der Waals surface area contributed by atoms with E-state index in [0.29, 0.717) is 49.3 Å². The number of hydrogen-bond acceptors (Lipinski definition) is 7. The quantitative estimate of drug-likeness (QED) is 0.502.